The van der Waals surface area contributed by atoms with E-state index in [0.717, 1.165) is 0 Å². The van der Waals surface area contributed by atoms with Crippen LogP contribution >= 0.6 is 0 Å². The Hall–Kier alpha value is -0.740. The number of halogens is 3. The third kappa shape index (κ3) is 6.42. The van der Waals surface area contributed by atoms with Gasteiger partial charge in [-0.2, -0.15) is 13.2 Å². The minimum absolute atomic E-state index is 0.348. The predicted molar refractivity (Wildman–Crippen MR) is 43.1 cm³/mol. The first-order valence-electron chi connectivity index (χ1n) is 3.98. The lowest BCUT2D eigenvalue weighted by Crippen LogP contribution is -2.36. The van der Waals surface area contributed by atoms with Crippen molar-refractivity contribution in [2.24, 2.45) is 5.41 Å². The van der Waals surface area contributed by atoms with Crippen LogP contribution in [0, 0.1) is 5.41 Å². The fraction of sp³-hybridized carbons (Fsp3) is 0.875. The Morgan fingerprint density at radius 2 is 1.69 bits per heavy atom. The minimum atomic E-state index is -4.20. The van der Waals surface area contributed by atoms with Crippen LogP contribution in [-0.4, -0.2) is 18.6 Å². The maximum atomic E-state index is 11.7. The largest absolute Gasteiger partial charge is 0.390 e. The molecule has 0 aliphatic rings. The van der Waals surface area contributed by atoms with Crippen molar-refractivity contribution in [1.29, 1.82) is 0 Å². The van der Waals surface area contributed by atoms with Crippen LogP contribution in [0.25, 0.3) is 0 Å². The van der Waals surface area contributed by atoms with E-state index in [2.05, 4.69) is 5.32 Å². The lowest BCUT2D eigenvalue weighted by molar-refractivity contribution is -0.137. The van der Waals surface area contributed by atoms with Crippen molar-refractivity contribution in [3.8, 4) is 0 Å². The lowest BCUT2D eigenvalue weighted by Gasteiger charge is -2.17. The average Bonchev–Trinajstić information content (AvgIpc) is 1.82. The van der Waals surface area contributed by atoms with Crippen molar-refractivity contribution >= 4 is 5.91 Å². The van der Waals surface area contributed by atoms with E-state index in [1.165, 1.54) is 0 Å². The standard InChI is InChI=1S/C8H14F3NO/c1-7(2,3)6(13)12-5-4-8(9,10)11/h4-5H2,1-3H3,(H,12,13). The third-order valence-corrected chi connectivity index (χ3v) is 1.38. The Balaban J connectivity index is 3.74. The highest BCUT2D eigenvalue weighted by Gasteiger charge is 2.28. The molecule has 1 amide bonds. The van der Waals surface area contributed by atoms with Crippen LogP contribution in [0.4, 0.5) is 13.2 Å². The zero-order chi connectivity index (χ0) is 10.7. The normalized spacial score (nSPS) is 12.8. The van der Waals surface area contributed by atoms with Gasteiger partial charge in [-0.15, -0.1) is 0 Å². The molecule has 0 saturated carbocycles. The molecule has 0 atom stereocenters. The number of nitrogens with one attached hydrogen (secondary N) is 1. The van der Waals surface area contributed by atoms with E-state index in [9.17, 15) is 18.0 Å². The molecule has 0 aromatic rings. The Morgan fingerprint density at radius 3 is 2.00 bits per heavy atom. The molecule has 0 unspecified atom stereocenters. The van der Waals surface area contributed by atoms with Crippen LogP contribution < -0.4 is 5.32 Å². The van der Waals surface area contributed by atoms with Crippen LogP contribution in [0.3, 0.4) is 0 Å². The molecule has 0 rings (SSSR count). The maximum absolute atomic E-state index is 11.7. The summed E-state index contributed by atoms with van der Waals surface area (Å²) in [6, 6.07) is 0. The Bertz CT molecular complexity index is 181. The van der Waals surface area contributed by atoms with Crippen molar-refractivity contribution < 1.29 is 18.0 Å². The monoisotopic (exact) mass is 197 g/mol. The molecule has 13 heavy (non-hydrogen) atoms. The van der Waals surface area contributed by atoms with Gasteiger partial charge in [-0.1, -0.05) is 20.8 Å². The van der Waals surface area contributed by atoms with Crippen molar-refractivity contribution in [1.82, 2.24) is 5.32 Å². The van der Waals surface area contributed by atoms with Crippen LogP contribution in [0.1, 0.15) is 27.2 Å². The SMILES string of the molecule is CC(C)(C)C(=O)NCCC(F)(F)F. The molecule has 0 aromatic heterocycles. The molecular formula is C8H14F3NO. The zero-order valence-electron chi connectivity index (χ0n) is 7.96. The summed E-state index contributed by atoms with van der Waals surface area (Å²) in [7, 11) is 0. The molecule has 78 valence electrons. The zero-order valence-corrected chi connectivity index (χ0v) is 7.96. The Kier molecular flexibility index (Phi) is 3.75. The highest BCUT2D eigenvalue weighted by Crippen LogP contribution is 2.19. The smallest absolute Gasteiger partial charge is 0.355 e. The molecule has 0 aromatic carbocycles. The molecule has 1 N–H and O–H groups in total. The van der Waals surface area contributed by atoms with E-state index >= 15 is 0 Å². The molecule has 0 heterocycles. The van der Waals surface area contributed by atoms with Gasteiger partial charge in [-0.3, -0.25) is 4.79 Å². The maximum Gasteiger partial charge on any atom is 0.390 e. The van der Waals surface area contributed by atoms with E-state index in [1.807, 2.05) is 0 Å². The Labute approximate surface area is 75.5 Å². The number of carbonyl (C=O) groups is 1. The molecule has 0 saturated heterocycles. The van der Waals surface area contributed by atoms with E-state index in [1.54, 1.807) is 20.8 Å². The second-order valence-corrected chi connectivity index (χ2v) is 3.87. The molecule has 0 aliphatic carbocycles. The van der Waals surface area contributed by atoms with Crippen molar-refractivity contribution in [2.45, 2.75) is 33.4 Å². The van der Waals surface area contributed by atoms with E-state index in [-0.39, 0.29) is 12.5 Å². The van der Waals surface area contributed by atoms with Crippen molar-refractivity contribution in [2.75, 3.05) is 6.54 Å². The van der Waals surface area contributed by atoms with Gasteiger partial charge >= 0.3 is 6.18 Å². The summed E-state index contributed by atoms with van der Waals surface area (Å²) in [4.78, 5) is 11.1. The van der Waals surface area contributed by atoms with Gasteiger partial charge in [0.25, 0.3) is 0 Å². The Morgan fingerprint density at radius 1 is 1.23 bits per heavy atom. The quantitative estimate of drug-likeness (QED) is 0.721. The van der Waals surface area contributed by atoms with Gasteiger partial charge in [0.15, 0.2) is 0 Å². The van der Waals surface area contributed by atoms with Gasteiger partial charge < -0.3 is 5.32 Å². The molecule has 0 fully saturated rings. The van der Waals surface area contributed by atoms with Crippen LogP contribution in [0.5, 0.6) is 0 Å². The van der Waals surface area contributed by atoms with E-state index in [4.69, 9.17) is 0 Å². The first kappa shape index (κ1) is 12.3. The molecule has 2 nitrogen and oxygen atoms in total. The topological polar surface area (TPSA) is 29.1 Å². The number of hydrogen-bond donors (Lipinski definition) is 1. The third-order valence-electron chi connectivity index (χ3n) is 1.38. The van der Waals surface area contributed by atoms with Crippen molar-refractivity contribution in [3.63, 3.8) is 0 Å². The molecule has 0 spiro atoms. The first-order chi connectivity index (χ1) is 5.63. The minimum Gasteiger partial charge on any atom is -0.355 e. The number of carbonyl (C=O) groups excluding carboxylic acids is 1. The fourth-order valence-electron chi connectivity index (χ4n) is 0.583. The van der Waals surface area contributed by atoms with Gasteiger partial charge in [-0.25, -0.2) is 0 Å². The van der Waals surface area contributed by atoms with Gasteiger partial charge in [0.1, 0.15) is 0 Å². The van der Waals surface area contributed by atoms with Gasteiger partial charge in [0.2, 0.25) is 5.91 Å². The lowest BCUT2D eigenvalue weighted by atomic mass is 9.96. The average molecular weight is 197 g/mol. The van der Waals surface area contributed by atoms with Crippen LogP contribution in [-0.2, 0) is 4.79 Å². The van der Waals surface area contributed by atoms with Gasteiger partial charge in [-0.05, 0) is 0 Å². The number of amides is 1. The molecular weight excluding hydrogens is 183 g/mol. The summed E-state index contributed by atoms with van der Waals surface area (Å²) in [6.45, 7) is 4.60. The van der Waals surface area contributed by atoms with E-state index in [0.29, 0.717) is 0 Å². The number of rotatable bonds is 2. The van der Waals surface area contributed by atoms with Crippen LogP contribution in [0.15, 0.2) is 0 Å². The summed E-state index contributed by atoms with van der Waals surface area (Å²) in [5, 5.41) is 2.22. The van der Waals surface area contributed by atoms with Gasteiger partial charge in [0.05, 0.1) is 6.42 Å². The predicted octanol–water partition coefficient (Wildman–Crippen LogP) is 2.10. The first-order valence-corrected chi connectivity index (χ1v) is 3.98. The summed E-state index contributed by atoms with van der Waals surface area (Å²) in [5.41, 5.74) is -0.633. The summed E-state index contributed by atoms with van der Waals surface area (Å²) in [5.74, 6) is -0.364. The van der Waals surface area contributed by atoms with Gasteiger partial charge in [0, 0.05) is 12.0 Å². The second kappa shape index (κ2) is 3.98. The highest BCUT2D eigenvalue weighted by molar-refractivity contribution is 5.81. The fourth-order valence-corrected chi connectivity index (χ4v) is 0.583. The molecule has 0 aliphatic heterocycles. The van der Waals surface area contributed by atoms with Crippen LogP contribution in [0.2, 0.25) is 0 Å². The molecule has 0 radical (unpaired) electrons. The summed E-state index contributed by atoms with van der Waals surface area (Å²) >= 11 is 0. The molecule has 5 heteroatoms. The summed E-state index contributed by atoms with van der Waals surface area (Å²) in [6.07, 6.45) is -5.18. The number of hydrogen-bond acceptors (Lipinski definition) is 1. The van der Waals surface area contributed by atoms with Crippen molar-refractivity contribution in [3.05, 3.63) is 0 Å². The summed E-state index contributed by atoms with van der Waals surface area (Å²) < 4.78 is 35.0. The molecule has 0 bridgehead atoms. The van der Waals surface area contributed by atoms with E-state index < -0.39 is 18.0 Å². The number of alkyl halides is 3. The highest BCUT2D eigenvalue weighted by atomic mass is 19.4. The second-order valence-electron chi connectivity index (χ2n) is 3.87.